The first-order valence-corrected chi connectivity index (χ1v) is 10.3. The number of thioether (sulfide) groups is 2. The van der Waals surface area contributed by atoms with Gasteiger partial charge in [-0.1, -0.05) is 62.1 Å². The van der Waals surface area contributed by atoms with Gasteiger partial charge in [0.2, 0.25) is 0 Å². The molecule has 20 heavy (non-hydrogen) atoms. The summed E-state index contributed by atoms with van der Waals surface area (Å²) in [6, 6.07) is 0.572. The highest BCUT2D eigenvalue weighted by Crippen LogP contribution is 2.43. The van der Waals surface area contributed by atoms with Crippen LogP contribution in [0.15, 0.2) is 8.68 Å². The van der Waals surface area contributed by atoms with Crippen molar-refractivity contribution in [2.24, 2.45) is 5.41 Å². The van der Waals surface area contributed by atoms with E-state index in [1.165, 1.54) is 25.7 Å². The molecule has 1 aromatic rings. The Morgan fingerprint density at radius 3 is 2.75 bits per heavy atom. The first-order valence-electron chi connectivity index (χ1n) is 7.34. The van der Waals surface area contributed by atoms with Crippen molar-refractivity contribution in [3.63, 3.8) is 0 Å². The average molecular weight is 332 g/mol. The van der Waals surface area contributed by atoms with Crippen LogP contribution in [0.4, 0.5) is 0 Å². The van der Waals surface area contributed by atoms with Gasteiger partial charge < -0.3 is 5.32 Å². The van der Waals surface area contributed by atoms with Crippen molar-refractivity contribution in [1.82, 2.24) is 15.5 Å². The van der Waals surface area contributed by atoms with Gasteiger partial charge in [-0.05, 0) is 37.5 Å². The molecule has 2 unspecified atom stereocenters. The molecule has 1 aromatic heterocycles. The lowest BCUT2D eigenvalue weighted by atomic mass is 9.73. The van der Waals surface area contributed by atoms with Gasteiger partial charge in [-0.3, -0.25) is 0 Å². The fraction of sp³-hybridized carbons (Fsp3) is 0.857. The predicted molar refractivity (Wildman–Crippen MR) is 91.0 cm³/mol. The normalized spacial score (nSPS) is 25.8. The van der Waals surface area contributed by atoms with Gasteiger partial charge in [0.15, 0.2) is 8.68 Å². The Morgan fingerprint density at radius 2 is 2.10 bits per heavy atom. The number of nitrogens with one attached hydrogen (secondary N) is 1. The molecule has 1 aliphatic rings. The van der Waals surface area contributed by atoms with Gasteiger partial charge in [0.1, 0.15) is 0 Å². The maximum absolute atomic E-state index is 4.33. The summed E-state index contributed by atoms with van der Waals surface area (Å²) in [4.78, 5) is 0. The third kappa shape index (κ3) is 4.12. The number of hydrogen-bond acceptors (Lipinski definition) is 6. The highest BCUT2D eigenvalue weighted by atomic mass is 32.2. The minimum atomic E-state index is 0.373. The van der Waals surface area contributed by atoms with Crippen molar-refractivity contribution in [1.29, 1.82) is 0 Å². The minimum Gasteiger partial charge on any atom is -0.312 e. The lowest BCUT2D eigenvalue weighted by Gasteiger charge is -2.44. The maximum Gasteiger partial charge on any atom is 0.175 e. The van der Waals surface area contributed by atoms with Gasteiger partial charge in [0, 0.05) is 11.3 Å². The van der Waals surface area contributed by atoms with Crippen molar-refractivity contribution >= 4 is 34.9 Å². The van der Waals surface area contributed by atoms with Crippen molar-refractivity contribution < 1.29 is 0 Å². The van der Waals surface area contributed by atoms with Crippen LogP contribution in [0.2, 0.25) is 0 Å². The Hall–Kier alpha value is 0.220. The second kappa shape index (κ2) is 7.47. The van der Waals surface area contributed by atoms with Gasteiger partial charge in [-0.25, -0.2) is 0 Å². The molecule has 1 aliphatic carbocycles. The standard InChI is InChI=1S/C14H25N3S3/c1-5-9-15-11-10(7-6-8-14(11,2)3)19-13-17-16-12(18-4)20-13/h10-11,15H,5-9H2,1-4H3. The zero-order valence-corrected chi connectivity index (χ0v) is 15.3. The van der Waals surface area contributed by atoms with E-state index >= 15 is 0 Å². The summed E-state index contributed by atoms with van der Waals surface area (Å²) < 4.78 is 2.20. The first-order chi connectivity index (χ1) is 9.56. The smallest absolute Gasteiger partial charge is 0.175 e. The summed E-state index contributed by atoms with van der Waals surface area (Å²) in [5.41, 5.74) is 0.373. The van der Waals surface area contributed by atoms with E-state index in [1.54, 1.807) is 23.1 Å². The van der Waals surface area contributed by atoms with Crippen molar-refractivity contribution in [2.75, 3.05) is 12.8 Å². The molecule has 3 nitrogen and oxygen atoms in total. The van der Waals surface area contributed by atoms with Crippen LogP contribution >= 0.6 is 34.9 Å². The van der Waals surface area contributed by atoms with E-state index in [-0.39, 0.29) is 0 Å². The quantitative estimate of drug-likeness (QED) is 0.787. The Bertz CT molecular complexity index is 420. The molecule has 0 bridgehead atoms. The Balaban J connectivity index is 2.06. The number of rotatable bonds is 6. The fourth-order valence-electron chi connectivity index (χ4n) is 2.88. The van der Waals surface area contributed by atoms with Crippen LogP contribution in [0, 0.1) is 5.41 Å². The van der Waals surface area contributed by atoms with Gasteiger partial charge in [-0.2, -0.15) is 0 Å². The van der Waals surface area contributed by atoms with Crippen molar-refractivity contribution in [2.45, 2.75) is 66.4 Å². The van der Waals surface area contributed by atoms with E-state index < -0.39 is 0 Å². The van der Waals surface area contributed by atoms with Crippen LogP contribution in [-0.2, 0) is 0 Å². The van der Waals surface area contributed by atoms with Gasteiger partial charge in [-0.15, -0.1) is 10.2 Å². The summed E-state index contributed by atoms with van der Waals surface area (Å²) in [5.74, 6) is 0. The first kappa shape index (κ1) is 16.6. The molecule has 1 saturated carbocycles. The van der Waals surface area contributed by atoms with E-state index in [1.807, 2.05) is 11.8 Å². The van der Waals surface area contributed by atoms with E-state index in [9.17, 15) is 0 Å². The Kier molecular flexibility index (Phi) is 6.20. The van der Waals surface area contributed by atoms with Crippen LogP contribution in [-0.4, -0.2) is 34.3 Å². The highest BCUT2D eigenvalue weighted by molar-refractivity contribution is 8.03. The topological polar surface area (TPSA) is 37.8 Å². The minimum absolute atomic E-state index is 0.373. The molecule has 0 aliphatic heterocycles. The molecule has 0 amide bonds. The third-order valence-corrected chi connectivity index (χ3v) is 7.28. The molecule has 0 aromatic carbocycles. The zero-order chi connectivity index (χ0) is 14.6. The summed E-state index contributed by atoms with van der Waals surface area (Å²) in [6.45, 7) is 8.15. The predicted octanol–water partition coefficient (Wildman–Crippen LogP) is 4.30. The third-order valence-electron chi connectivity index (χ3n) is 3.95. The number of hydrogen-bond donors (Lipinski definition) is 1. The molecular formula is C14H25N3S3. The summed E-state index contributed by atoms with van der Waals surface area (Å²) in [6.07, 6.45) is 7.17. The average Bonchev–Trinajstić information content (AvgIpc) is 2.85. The lowest BCUT2D eigenvalue weighted by Crippen LogP contribution is -2.51. The summed E-state index contributed by atoms with van der Waals surface area (Å²) in [5, 5.41) is 12.9. The molecular weight excluding hydrogens is 306 g/mol. The van der Waals surface area contributed by atoms with Gasteiger partial charge in [0.25, 0.3) is 0 Å². The molecule has 1 heterocycles. The van der Waals surface area contributed by atoms with Crippen LogP contribution in [0.1, 0.15) is 46.5 Å². The summed E-state index contributed by atoms with van der Waals surface area (Å²) in [7, 11) is 0. The van der Waals surface area contributed by atoms with Gasteiger partial charge in [0.05, 0.1) is 0 Å². The number of aromatic nitrogens is 2. The molecule has 1 fully saturated rings. The van der Waals surface area contributed by atoms with E-state index in [0.717, 1.165) is 15.2 Å². The molecule has 0 saturated heterocycles. The van der Waals surface area contributed by atoms with Crippen LogP contribution in [0.25, 0.3) is 0 Å². The van der Waals surface area contributed by atoms with Crippen LogP contribution < -0.4 is 5.32 Å². The Morgan fingerprint density at radius 1 is 1.35 bits per heavy atom. The molecule has 2 atom stereocenters. The van der Waals surface area contributed by atoms with Crippen molar-refractivity contribution in [3.05, 3.63) is 0 Å². The Labute approximate surface area is 135 Å². The fourth-order valence-corrected chi connectivity index (χ4v) is 6.07. The summed E-state index contributed by atoms with van der Waals surface area (Å²) >= 11 is 5.34. The molecule has 114 valence electrons. The molecule has 2 rings (SSSR count). The lowest BCUT2D eigenvalue weighted by molar-refractivity contribution is 0.175. The highest BCUT2D eigenvalue weighted by Gasteiger charge is 2.39. The largest absolute Gasteiger partial charge is 0.312 e. The zero-order valence-electron chi connectivity index (χ0n) is 12.8. The monoisotopic (exact) mass is 331 g/mol. The van der Waals surface area contributed by atoms with Crippen molar-refractivity contribution in [3.8, 4) is 0 Å². The van der Waals surface area contributed by atoms with E-state index in [0.29, 0.717) is 16.7 Å². The van der Waals surface area contributed by atoms with Crippen LogP contribution in [0.3, 0.4) is 0 Å². The van der Waals surface area contributed by atoms with E-state index in [4.69, 9.17) is 0 Å². The van der Waals surface area contributed by atoms with Gasteiger partial charge >= 0.3 is 0 Å². The molecule has 1 N–H and O–H groups in total. The molecule has 0 spiro atoms. The second-order valence-corrected chi connectivity index (χ2v) is 9.52. The van der Waals surface area contributed by atoms with E-state index in [2.05, 4.69) is 42.5 Å². The second-order valence-electron chi connectivity index (χ2n) is 6.01. The number of nitrogens with zero attached hydrogens (tertiary/aromatic N) is 2. The molecule has 6 heteroatoms. The SMILES string of the molecule is CCCNC1C(Sc2nnc(SC)s2)CCCC1(C)C. The van der Waals surface area contributed by atoms with Crippen LogP contribution in [0.5, 0.6) is 0 Å². The maximum atomic E-state index is 4.33. The molecule has 0 radical (unpaired) electrons.